The maximum Gasteiger partial charge on any atom is 0.425 e. The third-order valence-electron chi connectivity index (χ3n) is 5.01. The fourth-order valence-corrected chi connectivity index (χ4v) is 3.55. The zero-order valence-electron chi connectivity index (χ0n) is 15.6. The minimum absolute atomic E-state index is 0.406. The number of aliphatic hydroxyl groups is 1. The molecule has 1 heterocycles. The smallest absolute Gasteiger partial charge is 0.372 e. The van der Waals surface area contributed by atoms with Gasteiger partial charge in [0.1, 0.15) is 5.82 Å². The number of nitrogens with zero attached hydrogens (tertiary/aromatic N) is 2. The molecular weight excluding hydrogens is 420 g/mol. The fourth-order valence-electron chi connectivity index (χ4n) is 3.36. The largest absolute Gasteiger partial charge is 0.425 e. The Labute approximate surface area is 174 Å². The van der Waals surface area contributed by atoms with Gasteiger partial charge in [0.2, 0.25) is 5.60 Å². The van der Waals surface area contributed by atoms with Crippen molar-refractivity contribution in [1.82, 2.24) is 9.78 Å². The van der Waals surface area contributed by atoms with Gasteiger partial charge in [-0.15, -0.1) is 0 Å². The fraction of sp³-hybridized carbons (Fsp3) is 0.136. The second-order valence-electron chi connectivity index (χ2n) is 7.00. The van der Waals surface area contributed by atoms with Gasteiger partial charge in [-0.25, -0.2) is 9.07 Å². The van der Waals surface area contributed by atoms with Crippen LogP contribution in [-0.2, 0) is 5.60 Å². The third-order valence-corrected chi connectivity index (χ3v) is 5.30. The molecule has 0 amide bonds. The van der Waals surface area contributed by atoms with Crippen LogP contribution in [0.4, 0.5) is 17.6 Å². The molecule has 1 N–H and O–H groups in total. The summed E-state index contributed by atoms with van der Waals surface area (Å²) in [5.74, 6) is -0.875. The van der Waals surface area contributed by atoms with E-state index in [0.717, 1.165) is 29.4 Å². The molecular formula is C22H15ClF4N2O. The average molecular weight is 435 g/mol. The monoisotopic (exact) mass is 434 g/mol. The Morgan fingerprint density at radius 3 is 2.20 bits per heavy atom. The number of alkyl halides is 3. The van der Waals surface area contributed by atoms with Gasteiger partial charge in [-0.3, -0.25) is 0 Å². The van der Waals surface area contributed by atoms with Gasteiger partial charge in [0.25, 0.3) is 0 Å². The van der Waals surface area contributed by atoms with Crippen molar-refractivity contribution in [1.29, 1.82) is 0 Å². The van der Waals surface area contributed by atoms with E-state index in [1.165, 1.54) is 24.4 Å². The maximum absolute atomic E-state index is 14.0. The van der Waals surface area contributed by atoms with Crippen LogP contribution < -0.4 is 0 Å². The highest BCUT2D eigenvalue weighted by Gasteiger charge is 2.56. The van der Waals surface area contributed by atoms with Gasteiger partial charge in [-0.1, -0.05) is 41.4 Å². The van der Waals surface area contributed by atoms with Crippen molar-refractivity contribution in [2.75, 3.05) is 0 Å². The number of hydrogen-bond acceptors (Lipinski definition) is 2. The minimum Gasteiger partial charge on any atom is -0.372 e. The minimum atomic E-state index is -5.07. The zero-order valence-corrected chi connectivity index (χ0v) is 16.3. The Morgan fingerprint density at radius 2 is 1.57 bits per heavy atom. The Morgan fingerprint density at radius 1 is 0.933 bits per heavy atom. The number of aromatic nitrogens is 2. The second-order valence-corrected chi connectivity index (χ2v) is 7.41. The van der Waals surface area contributed by atoms with Gasteiger partial charge in [0.05, 0.1) is 22.4 Å². The summed E-state index contributed by atoms with van der Waals surface area (Å²) in [5.41, 5.74) is -1.99. The summed E-state index contributed by atoms with van der Waals surface area (Å²) < 4.78 is 57.1. The van der Waals surface area contributed by atoms with Crippen LogP contribution in [0.2, 0.25) is 5.02 Å². The highest BCUT2D eigenvalue weighted by Crippen LogP contribution is 2.45. The predicted molar refractivity (Wildman–Crippen MR) is 106 cm³/mol. The van der Waals surface area contributed by atoms with Crippen LogP contribution in [0.15, 0.2) is 66.9 Å². The molecule has 3 nitrogen and oxygen atoms in total. The molecule has 3 aromatic carbocycles. The highest BCUT2D eigenvalue weighted by atomic mass is 35.5. The molecule has 0 spiro atoms. The normalized spacial score (nSPS) is 14.1. The highest BCUT2D eigenvalue weighted by molar-refractivity contribution is 6.30. The molecule has 0 aliphatic rings. The third kappa shape index (κ3) is 3.24. The first-order valence-electron chi connectivity index (χ1n) is 8.91. The molecule has 0 saturated heterocycles. The summed E-state index contributed by atoms with van der Waals surface area (Å²) in [4.78, 5) is 0. The lowest BCUT2D eigenvalue weighted by Gasteiger charge is -2.31. The molecule has 0 saturated carbocycles. The lowest BCUT2D eigenvalue weighted by Crippen LogP contribution is -2.43. The first-order valence-corrected chi connectivity index (χ1v) is 9.29. The molecule has 4 rings (SSSR count). The topological polar surface area (TPSA) is 38.0 Å². The van der Waals surface area contributed by atoms with Crippen molar-refractivity contribution in [2.24, 2.45) is 0 Å². The molecule has 1 aromatic heterocycles. The van der Waals surface area contributed by atoms with Crippen LogP contribution in [0.25, 0.3) is 16.6 Å². The van der Waals surface area contributed by atoms with Crippen molar-refractivity contribution >= 4 is 22.5 Å². The molecule has 0 aliphatic carbocycles. The standard InChI is InChI=1S/C22H15ClF4N2O/c1-13-2-6-17(7-3-13)29-20-9-5-15(10-14(20)12-28-29)21(30,22(25,26)27)16-4-8-19(24)18(23)11-16/h2-12,30H,1H3. The number of halogens is 5. The van der Waals surface area contributed by atoms with Crippen LogP contribution in [0.5, 0.6) is 0 Å². The van der Waals surface area contributed by atoms with Gasteiger partial charge < -0.3 is 5.11 Å². The molecule has 0 radical (unpaired) electrons. The van der Waals surface area contributed by atoms with E-state index >= 15 is 0 Å². The van der Waals surface area contributed by atoms with E-state index in [4.69, 9.17) is 11.6 Å². The van der Waals surface area contributed by atoms with Crippen molar-refractivity contribution in [3.05, 3.63) is 94.4 Å². The lowest BCUT2D eigenvalue weighted by molar-refractivity contribution is -0.248. The summed E-state index contributed by atoms with van der Waals surface area (Å²) in [5, 5.41) is 14.9. The molecule has 154 valence electrons. The van der Waals surface area contributed by atoms with Crippen LogP contribution in [-0.4, -0.2) is 21.1 Å². The van der Waals surface area contributed by atoms with Crippen molar-refractivity contribution in [3.8, 4) is 5.69 Å². The summed E-state index contributed by atoms with van der Waals surface area (Å²) in [6.07, 6.45) is -3.65. The first kappa shape index (κ1) is 20.4. The van der Waals surface area contributed by atoms with Gasteiger partial charge in [-0.2, -0.15) is 18.3 Å². The Hall–Kier alpha value is -2.90. The predicted octanol–water partition coefficient (Wildman–Crippen LogP) is 5.92. The molecule has 1 unspecified atom stereocenters. The van der Waals surface area contributed by atoms with E-state index in [0.29, 0.717) is 10.9 Å². The van der Waals surface area contributed by atoms with E-state index in [1.54, 1.807) is 4.68 Å². The summed E-state index contributed by atoms with van der Waals surface area (Å²) >= 11 is 5.67. The molecule has 1 atom stereocenters. The molecule has 0 aliphatic heterocycles. The van der Waals surface area contributed by atoms with E-state index in [2.05, 4.69) is 5.10 Å². The van der Waals surface area contributed by atoms with Crippen LogP contribution in [0.1, 0.15) is 16.7 Å². The van der Waals surface area contributed by atoms with Gasteiger partial charge in [0, 0.05) is 5.39 Å². The van der Waals surface area contributed by atoms with Gasteiger partial charge in [0.15, 0.2) is 0 Å². The SMILES string of the molecule is Cc1ccc(-n2ncc3cc(C(O)(c4ccc(F)c(Cl)c4)C(F)(F)F)ccc32)cc1. The van der Waals surface area contributed by atoms with Crippen molar-refractivity contribution in [2.45, 2.75) is 18.7 Å². The molecule has 4 aromatic rings. The van der Waals surface area contributed by atoms with Gasteiger partial charge in [-0.05, 0) is 54.4 Å². The number of rotatable bonds is 3. The first-order chi connectivity index (χ1) is 14.1. The Kier molecular flexibility index (Phi) is 4.83. The molecule has 0 bridgehead atoms. The zero-order chi connectivity index (χ0) is 21.7. The quantitative estimate of drug-likeness (QED) is 0.406. The van der Waals surface area contributed by atoms with Crippen molar-refractivity contribution in [3.63, 3.8) is 0 Å². The van der Waals surface area contributed by atoms with Crippen molar-refractivity contribution < 1.29 is 22.7 Å². The van der Waals surface area contributed by atoms with E-state index in [-0.39, 0.29) is 0 Å². The lowest BCUT2D eigenvalue weighted by atomic mass is 9.85. The Balaban J connectivity index is 1.87. The van der Waals surface area contributed by atoms with Crippen LogP contribution >= 0.6 is 11.6 Å². The number of fused-ring (bicyclic) bond motifs is 1. The average Bonchev–Trinajstić information content (AvgIpc) is 3.12. The molecule has 8 heteroatoms. The number of benzene rings is 3. The van der Waals surface area contributed by atoms with Crippen LogP contribution in [0.3, 0.4) is 0 Å². The maximum atomic E-state index is 14.0. The second kappa shape index (κ2) is 7.11. The summed E-state index contributed by atoms with van der Waals surface area (Å²) in [7, 11) is 0. The summed E-state index contributed by atoms with van der Waals surface area (Å²) in [6.45, 7) is 1.94. The number of hydrogen-bond donors (Lipinski definition) is 1. The molecule has 0 fully saturated rings. The molecule has 30 heavy (non-hydrogen) atoms. The van der Waals surface area contributed by atoms with E-state index < -0.39 is 33.7 Å². The number of aryl methyl sites for hydroxylation is 1. The van der Waals surface area contributed by atoms with Crippen LogP contribution in [0, 0.1) is 12.7 Å². The van der Waals surface area contributed by atoms with E-state index in [1.807, 2.05) is 31.2 Å². The van der Waals surface area contributed by atoms with Gasteiger partial charge >= 0.3 is 6.18 Å². The Bertz CT molecular complexity index is 1230. The van der Waals surface area contributed by atoms with E-state index in [9.17, 15) is 22.7 Å². The summed E-state index contributed by atoms with van der Waals surface area (Å²) in [6, 6.07) is 13.8.